The van der Waals surface area contributed by atoms with Crippen LogP contribution in [0.2, 0.25) is 10.0 Å². The number of likely N-dealkylation sites (tertiary alicyclic amines) is 1. The first-order chi connectivity index (χ1) is 17.6. The second kappa shape index (κ2) is 11.7. The number of halogens is 2. The molecule has 2 saturated heterocycles. The van der Waals surface area contributed by atoms with Gasteiger partial charge in [-0.05, 0) is 55.2 Å². The van der Waals surface area contributed by atoms with Gasteiger partial charge in [0.2, 0.25) is 5.91 Å². The summed E-state index contributed by atoms with van der Waals surface area (Å²) in [4.78, 5) is 30.7. The third-order valence-electron chi connectivity index (χ3n) is 7.95. The summed E-state index contributed by atoms with van der Waals surface area (Å²) in [7, 11) is 0. The topological polar surface area (TPSA) is 70.1 Å². The van der Waals surface area contributed by atoms with E-state index >= 15 is 0 Å². The molecule has 200 valence electrons. The SMILES string of the molecule is CC[C@@H](CN1CCOC[C@@H]1C)N1C(=O)[C@](C)(CC(=O)O)C[C@H](c2cccc(Cl)c2)[C@H]1c1ccc(Cl)cc1. The van der Waals surface area contributed by atoms with E-state index < -0.39 is 11.4 Å². The third kappa shape index (κ3) is 6.14. The number of hydrogen-bond donors (Lipinski definition) is 1. The molecule has 2 aliphatic rings. The Morgan fingerprint density at radius 2 is 1.89 bits per heavy atom. The van der Waals surface area contributed by atoms with Crippen LogP contribution in [0, 0.1) is 5.41 Å². The summed E-state index contributed by atoms with van der Waals surface area (Å²) in [5.41, 5.74) is 0.927. The van der Waals surface area contributed by atoms with Gasteiger partial charge in [-0.15, -0.1) is 0 Å². The molecule has 4 rings (SSSR count). The summed E-state index contributed by atoms with van der Waals surface area (Å²) in [6.45, 7) is 8.86. The highest BCUT2D eigenvalue weighted by atomic mass is 35.5. The van der Waals surface area contributed by atoms with Crippen LogP contribution in [0.25, 0.3) is 0 Å². The fourth-order valence-electron chi connectivity index (χ4n) is 6.00. The quantitative estimate of drug-likeness (QED) is 0.437. The van der Waals surface area contributed by atoms with Crippen molar-refractivity contribution in [3.63, 3.8) is 0 Å². The average Bonchev–Trinajstić information content (AvgIpc) is 2.85. The van der Waals surface area contributed by atoms with E-state index in [1.165, 1.54) is 0 Å². The maximum absolute atomic E-state index is 14.4. The Labute approximate surface area is 229 Å². The molecule has 2 aliphatic heterocycles. The number of hydrogen-bond acceptors (Lipinski definition) is 4. The number of rotatable bonds is 8. The lowest BCUT2D eigenvalue weighted by Crippen LogP contribution is -2.59. The summed E-state index contributed by atoms with van der Waals surface area (Å²) in [5, 5.41) is 11.1. The zero-order chi connectivity index (χ0) is 26.7. The molecular weight excluding hydrogens is 511 g/mol. The van der Waals surface area contributed by atoms with Crippen molar-refractivity contribution in [3.8, 4) is 0 Å². The summed E-state index contributed by atoms with van der Waals surface area (Å²) in [5.74, 6) is -1.22. The molecule has 2 aromatic rings. The molecule has 5 atom stereocenters. The molecule has 1 amide bonds. The van der Waals surface area contributed by atoms with Gasteiger partial charge in [0.15, 0.2) is 0 Å². The molecule has 0 aromatic heterocycles. The average molecular weight is 548 g/mol. The Balaban J connectivity index is 1.85. The number of morpholine rings is 1. The van der Waals surface area contributed by atoms with Crippen molar-refractivity contribution in [2.75, 3.05) is 26.3 Å². The highest BCUT2D eigenvalue weighted by molar-refractivity contribution is 6.30. The summed E-state index contributed by atoms with van der Waals surface area (Å²) in [6, 6.07) is 15.2. The maximum atomic E-state index is 14.4. The van der Waals surface area contributed by atoms with E-state index in [0.717, 1.165) is 24.1 Å². The molecule has 8 heteroatoms. The van der Waals surface area contributed by atoms with Gasteiger partial charge in [-0.25, -0.2) is 0 Å². The summed E-state index contributed by atoms with van der Waals surface area (Å²) in [6.07, 6.45) is 0.926. The Morgan fingerprint density at radius 3 is 2.51 bits per heavy atom. The van der Waals surface area contributed by atoms with Crippen LogP contribution in [-0.4, -0.2) is 65.2 Å². The number of carbonyl (C=O) groups is 2. The molecule has 2 heterocycles. The second-order valence-electron chi connectivity index (χ2n) is 10.7. The predicted molar refractivity (Wildman–Crippen MR) is 146 cm³/mol. The minimum atomic E-state index is -1.05. The van der Waals surface area contributed by atoms with Crippen molar-refractivity contribution in [1.29, 1.82) is 0 Å². The molecule has 0 unspecified atom stereocenters. The van der Waals surface area contributed by atoms with E-state index in [-0.39, 0.29) is 36.4 Å². The van der Waals surface area contributed by atoms with Gasteiger partial charge in [0.05, 0.1) is 31.1 Å². The Hall–Kier alpha value is -2.12. The molecule has 0 saturated carbocycles. The van der Waals surface area contributed by atoms with Crippen LogP contribution >= 0.6 is 23.2 Å². The lowest BCUT2D eigenvalue weighted by molar-refractivity contribution is -0.161. The van der Waals surface area contributed by atoms with Crippen LogP contribution in [0.5, 0.6) is 0 Å². The van der Waals surface area contributed by atoms with Crippen molar-refractivity contribution < 1.29 is 19.4 Å². The largest absolute Gasteiger partial charge is 0.481 e. The normalized spacial score (nSPS) is 27.8. The Morgan fingerprint density at radius 1 is 1.16 bits per heavy atom. The smallest absolute Gasteiger partial charge is 0.304 e. The second-order valence-corrected chi connectivity index (χ2v) is 11.6. The molecule has 0 aliphatic carbocycles. The van der Waals surface area contributed by atoms with E-state index in [0.29, 0.717) is 36.2 Å². The first kappa shape index (κ1) is 27.9. The van der Waals surface area contributed by atoms with E-state index in [1.807, 2.05) is 53.4 Å². The monoisotopic (exact) mass is 546 g/mol. The van der Waals surface area contributed by atoms with Crippen molar-refractivity contribution >= 4 is 35.1 Å². The van der Waals surface area contributed by atoms with Crippen LogP contribution in [-0.2, 0) is 14.3 Å². The van der Waals surface area contributed by atoms with Crippen LogP contribution < -0.4 is 0 Å². The molecule has 0 spiro atoms. The Bertz CT molecular complexity index is 1110. The number of nitrogens with zero attached hydrogens (tertiary/aromatic N) is 2. The van der Waals surface area contributed by atoms with Gasteiger partial charge in [0.1, 0.15) is 0 Å². The number of carbonyl (C=O) groups excluding carboxylic acids is 1. The number of amides is 1. The molecule has 37 heavy (non-hydrogen) atoms. The number of benzene rings is 2. The Kier molecular flexibility index (Phi) is 8.85. The highest BCUT2D eigenvalue weighted by Crippen LogP contribution is 2.52. The van der Waals surface area contributed by atoms with Crippen molar-refractivity contribution in [3.05, 3.63) is 69.7 Å². The molecule has 0 bridgehead atoms. The molecule has 6 nitrogen and oxygen atoms in total. The summed E-state index contributed by atoms with van der Waals surface area (Å²) < 4.78 is 5.65. The van der Waals surface area contributed by atoms with Crippen molar-refractivity contribution in [1.82, 2.24) is 9.80 Å². The standard InChI is InChI=1S/C29H36Cl2N2O4/c1-4-24(17-32-12-13-37-18-19(32)2)33-27(20-8-10-22(30)11-9-20)25(21-6-5-7-23(31)14-21)15-29(3,28(33)36)16-26(34)35/h5-11,14,19,24-25,27H,4,12-13,15-18H2,1-3H3,(H,34,35)/t19-,24-,25+,27+,29-/m0/s1. The number of aliphatic carboxylic acids is 1. The number of carboxylic acids is 1. The van der Waals surface area contributed by atoms with Crippen LogP contribution in [0.3, 0.4) is 0 Å². The number of piperidine rings is 1. The van der Waals surface area contributed by atoms with E-state index in [4.69, 9.17) is 27.9 Å². The fraction of sp³-hybridized carbons (Fsp3) is 0.517. The predicted octanol–water partition coefficient (Wildman–Crippen LogP) is 6.03. The van der Waals surface area contributed by atoms with Gasteiger partial charge in [-0.2, -0.15) is 0 Å². The zero-order valence-electron chi connectivity index (χ0n) is 21.7. The van der Waals surface area contributed by atoms with Crippen LogP contribution in [0.4, 0.5) is 0 Å². The minimum Gasteiger partial charge on any atom is -0.481 e. The molecule has 1 N–H and O–H groups in total. The van der Waals surface area contributed by atoms with E-state index in [9.17, 15) is 14.7 Å². The molecule has 0 radical (unpaired) electrons. The fourth-order valence-corrected chi connectivity index (χ4v) is 6.32. The lowest BCUT2D eigenvalue weighted by Gasteiger charge is -2.53. The van der Waals surface area contributed by atoms with Gasteiger partial charge in [0.25, 0.3) is 0 Å². The van der Waals surface area contributed by atoms with Gasteiger partial charge in [-0.3, -0.25) is 14.5 Å². The van der Waals surface area contributed by atoms with Crippen molar-refractivity contribution in [2.24, 2.45) is 5.41 Å². The van der Waals surface area contributed by atoms with Gasteiger partial charge >= 0.3 is 5.97 Å². The molecule has 2 aromatic carbocycles. The van der Waals surface area contributed by atoms with Crippen molar-refractivity contribution in [2.45, 2.75) is 64.1 Å². The number of carboxylic acid groups (broad SMARTS) is 1. The number of ether oxygens (including phenoxy) is 1. The van der Waals surface area contributed by atoms with E-state index in [2.05, 4.69) is 18.7 Å². The first-order valence-electron chi connectivity index (χ1n) is 13.0. The van der Waals surface area contributed by atoms with Gasteiger partial charge in [0, 0.05) is 41.1 Å². The lowest BCUT2D eigenvalue weighted by atomic mass is 9.67. The maximum Gasteiger partial charge on any atom is 0.304 e. The van der Waals surface area contributed by atoms with E-state index in [1.54, 1.807) is 6.92 Å². The van der Waals surface area contributed by atoms with Gasteiger partial charge in [-0.1, -0.05) is 61.3 Å². The molecular formula is C29H36Cl2N2O4. The minimum absolute atomic E-state index is 0.108. The zero-order valence-corrected chi connectivity index (χ0v) is 23.2. The highest BCUT2D eigenvalue weighted by Gasteiger charge is 2.52. The third-order valence-corrected chi connectivity index (χ3v) is 8.43. The van der Waals surface area contributed by atoms with Crippen LogP contribution in [0.15, 0.2) is 48.5 Å². The first-order valence-corrected chi connectivity index (χ1v) is 13.8. The van der Waals surface area contributed by atoms with Crippen LogP contribution in [0.1, 0.15) is 63.1 Å². The molecule has 2 fully saturated rings. The summed E-state index contributed by atoms with van der Waals surface area (Å²) >= 11 is 12.7. The van der Waals surface area contributed by atoms with Gasteiger partial charge < -0.3 is 14.7 Å².